The van der Waals surface area contributed by atoms with Crippen LogP contribution in [0.3, 0.4) is 0 Å². The molecule has 7 rings (SSSR count). The summed E-state index contributed by atoms with van der Waals surface area (Å²) >= 11 is 6.50. The summed E-state index contributed by atoms with van der Waals surface area (Å²) in [6, 6.07) is 17.0. The minimum atomic E-state index is -1.02. The number of ketones is 1. The number of carboxylic acids is 1. The zero-order valence-corrected chi connectivity index (χ0v) is 26.4. The van der Waals surface area contributed by atoms with Crippen LogP contribution in [0.15, 0.2) is 54.6 Å². The van der Waals surface area contributed by atoms with Crippen molar-refractivity contribution >= 4 is 23.4 Å². The Kier molecular flexibility index (Phi) is 8.57. The van der Waals surface area contributed by atoms with E-state index in [1.54, 1.807) is 18.2 Å². The first kappa shape index (κ1) is 30.8. The number of carbonyl (C=O) groups is 2. The maximum absolute atomic E-state index is 14.0. The molecule has 2 aromatic carbocycles. The Balaban J connectivity index is 1.36. The molecule has 2 N–H and O–H groups in total. The third kappa shape index (κ3) is 5.78. The van der Waals surface area contributed by atoms with Gasteiger partial charge in [-0.25, -0.2) is 4.98 Å². The predicted octanol–water partition coefficient (Wildman–Crippen LogP) is 6.78. The fourth-order valence-electron chi connectivity index (χ4n) is 8.44. The number of pyridine rings is 1. The first-order valence-corrected chi connectivity index (χ1v) is 16.0. The van der Waals surface area contributed by atoms with Crippen LogP contribution in [-0.4, -0.2) is 65.2 Å². The molecule has 1 aromatic heterocycles. The lowest BCUT2D eigenvalue weighted by Crippen LogP contribution is -2.57. The van der Waals surface area contributed by atoms with Crippen LogP contribution in [0.1, 0.15) is 54.6 Å². The van der Waals surface area contributed by atoms with Crippen molar-refractivity contribution in [2.24, 2.45) is 29.1 Å². The molecule has 3 aromatic rings. The number of halogens is 1. The highest BCUT2D eigenvalue weighted by Gasteiger charge is 2.61. The molecule has 4 aliphatic rings. The number of aromatic nitrogens is 1. The number of likely N-dealkylation sites (N-methyl/N-ethyl adjacent to an activating group) is 1. The molecule has 0 unspecified atom stereocenters. The van der Waals surface area contributed by atoms with Gasteiger partial charge in [0.05, 0.1) is 16.1 Å². The summed E-state index contributed by atoms with van der Waals surface area (Å²) in [5.41, 5.74) is 3.45. The normalized spacial score (nSPS) is 26.1. The molecule has 0 aliphatic heterocycles. The Morgan fingerprint density at radius 3 is 2.32 bits per heavy atom. The lowest BCUT2D eigenvalue weighted by molar-refractivity contribution is -0.177. The Bertz CT molecular complexity index is 1540. The number of carboxylic acid groups (broad SMARTS) is 1. The molecule has 8 heteroatoms. The number of carbonyl (C=O) groups excluding carboxylic acids is 1. The molecule has 4 saturated carbocycles. The third-order valence-electron chi connectivity index (χ3n) is 10.3. The van der Waals surface area contributed by atoms with E-state index in [1.165, 1.54) is 6.42 Å². The van der Waals surface area contributed by atoms with Gasteiger partial charge in [0, 0.05) is 24.1 Å². The van der Waals surface area contributed by atoms with Crippen LogP contribution < -0.4 is 4.74 Å². The molecule has 1 heterocycles. The summed E-state index contributed by atoms with van der Waals surface area (Å²) < 4.78 is 5.93. The largest absolute Gasteiger partial charge is 0.489 e. The number of benzene rings is 2. The topological polar surface area (TPSA) is 100.0 Å². The maximum atomic E-state index is 14.0. The van der Waals surface area contributed by atoms with Gasteiger partial charge in [0.2, 0.25) is 0 Å². The fourth-order valence-corrected chi connectivity index (χ4v) is 8.62. The van der Waals surface area contributed by atoms with Gasteiger partial charge in [-0.2, -0.15) is 0 Å². The summed E-state index contributed by atoms with van der Waals surface area (Å²) in [5.74, 6) is 0.651. The molecule has 44 heavy (non-hydrogen) atoms. The zero-order valence-electron chi connectivity index (χ0n) is 25.6. The van der Waals surface area contributed by atoms with Gasteiger partial charge < -0.3 is 19.8 Å². The van der Waals surface area contributed by atoms with Gasteiger partial charge in [-0.15, -0.1) is 0 Å². The van der Waals surface area contributed by atoms with Crippen molar-refractivity contribution in [3.8, 4) is 28.1 Å². The first-order valence-electron chi connectivity index (χ1n) is 15.6. The average molecular weight is 617 g/mol. The zero-order chi connectivity index (χ0) is 31.2. The number of ether oxygens (including phenoxy) is 1. The van der Waals surface area contributed by atoms with E-state index in [0.717, 1.165) is 42.4 Å². The summed E-state index contributed by atoms with van der Waals surface area (Å²) in [5, 5.41) is 21.4. The first-order chi connectivity index (χ1) is 21.0. The summed E-state index contributed by atoms with van der Waals surface area (Å²) in [6.45, 7) is 2.55. The minimum absolute atomic E-state index is 0.0218. The van der Waals surface area contributed by atoms with Crippen molar-refractivity contribution in [2.45, 2.75) is 51.6 Å². The Hall–Kier alpha value is -3.26. The van der Waals surface area contributed by atoms with E-state index < -0.39 is 17.5 Å². The van der Waals surface area contributed by atoms with Crippen molar-refractivity contribution < 1.29 is 24.5 Å². The molecule has 4 aliphatic carbocycles. The van der Waals surface area contributed by atoms with E-state index in [0.29, 0.717) is 40.4 Å². The fraction of sp³-hybridized carbons (Fsp3) is 0.472. The van der Waals surface area contributed by atoms with Crippen LogP contribution in [-0.2, 0) is 4.79 Å². The number of nitrogens with zero attached hydrogens (tertiary/aromatic N) is 2. The number of hydrogen-bond donors (Lipinski definition) is 2. The highest BCUT2D eigenvalue weighted by molar-refractivity contribution is 6.32. The SMILES string of the molecule is Cc1ccccc1-c1ccc(C(=O)CC2(C(=O)O)C3CC4CC(C3)CC2C4)nc1-c1ccc(Cl)c(OC[C@@H](O)CN(C)C)c1. The number of aliphatic hydroxyl groups excluding tert-OH is 1. The van der Waals surface area contributed by atoms with Crippen LogP contribution in [0.4, 0.5) is 0 Å². The smallest absolute Gasteiger partial charge is 0.310 e. The van der Waals surface area contributed by atoms with Crippen molar-refractivity contribution in [2.75, 3.05) is 27.2 Å². The Morgan fingerprint density at radius 1 is 1.00 bits per heavy atom. The lowest BCUT2D eigenvalue weighted by atomic mass is 9.44. The summed E-state index contributed by atoms with van der Waals surface area (Å²) in [6.07, 6.45) is 4.14. The third-order valence-corrected chi connectivity index (χ3v) is 10.6. The van der Waals surface area contributed by atoms with Gasteiger partial charge in [0.15, 0.2) is 5.78 Å². The average Bonchev–Trinajstić information content (AvgIpc) is 2.98. The second-order valence-electron chi connectivity index (χ2n) is 13.5. The highest BCUT2D eigenvalue weighted by atomic mass is 35.5. The molecule has 0 saturated heterocycles. The standard InChI is InChI=1S/C36H41ClN2O5/c1-21-6-4-5-7-28(21)29-9-11-31(32(41)18-36(35(42)43)25-13-22-12-23(15-25)16-26(36)14-22)38-34(29)24-8-10-30(37)33(17-24)44-20-27(40)19-39(2)3/h4-11,17,22-23,25-27,40H,12-16,18-20H2,1-3H3,(H,42,43)/t22?,23?,25?,26?,27-,36?/m0/s1. The predicted molar refractivity (Wildman–Crippen MR) is 171 cm³/mol. The van der Waals surface area contributed by atoms with E-state index >= 15 is 0 Å². The molecule has 0 radical (unpaired) electrons. The van der Waals surface area contributed by atoms with Crippen LogP contribution in [0.25, 0.3) is 22.4 Å². The Morgan fingerprint density at radius 2 is 1.68 bits per heavy atom. The van der Waals surface area contributed by atoms with Crippen LogP contribution >= 0.6 is 11.6 Å². The van der Waals surface area contributed by atoms with E-state index in [-0.39, 0.29) is 36.3 Å². The van der Waals surface area contributed by atoms with Crippen LogP contribution in [0, 0.1) is 36.0 Å². The molecule has 1 atom stereocenters. The molecule has 7 nitrogen and oxygen atoms in total. The number of hydrogen-bond acceptors (Lipinski definition) is 6. The number of rotatable bonds is 11. The van der Waals surface area contributed by atoms with E-state index in [4.69, 9.17) is 21.3 Å². The summed E-state index contributed by atoms with van der Waals surface area (Å²) in [7, 11) is 3.76. The van der Waals surface area contributed by atoms with Gasteiger partial charge in [-0.05, 0) is 112 Å². The van der Waals surface area contributed by atoms with E-state index in [1.807, 2.05) is 62.3 Å². The van der Waals surface area contributed by atoms with Crippen molar-refractivity contribution in [3.05, 3.63) is 70.9 Å². The van der Waals surface area contributed by atoms with Gasteiger partial charge in [0.25, 0.3) is 0 Å². The number of aryl methyl sites for hydroxylation is 1. The molecule has 0 spiro atoms. The second-order valence-corrected chi connectivity index (χ2v) is 13.9. The molecule has 4 fully saturated rings. The molecule has 0 amide bonds. The number of Topliss-reactive ketones (excluding diaryl/α,β-unsaturated/α-hetero) is 1. The van der Waals surface area contributed by atoms with E-state index in [2.05, 4.69) is 0 Å². The number of aliphatic carboxylic acids is 1. The number of aliphatic hydroxyl groups is 1. The van der Waals surface area contributed by atoms with Gasteiger partial charge in [-0.1, -0.05) is 41.9 Å². The van der Waals surface area contributed by atoms with Crippen molar-refractivity contribution in [1.29, 1.82) is 0 Å². The molecular formula is C36H41ClN2O5. The summed E-state index contributed by atoms with van der Waals surface area (Å²) in [4.78, 5) is 33.8. The van der Waals surface area contributed by atoms with Crippen molar-refractivity contribution in [3.63, 3.8) is 0 Å². The maximum Gasteiger partial charge on any atom is 0.310 e. The Labute approximate surface area is 264 Å². The lowest BCUT2D eigenvalue weighted by Gasteiger charge is -2.59. The second kappa shape index (κ2) is 12.3. The monoisotopic (exact) mass is 616 g/mol. The molecular weight excluding hydrogens is 576 g/mol. The van der Waals surface area contributed by atoms with E-state index in [9.17, 15) is 19.8 Å². The van der Waals surface area contributed by atoms with Gasteiger partial charge in [0.1, 0.15) is 24.2 Å². The highest BCUT2D eigenvalue weighted by Crippen LogP contribution is 2.63. The molecule has 4 bridgehead atoms. The minimum Gasteiger partial charge on any atom is -0.489 e. The quantitative estimate of drug-likeness (QED) is 0.229. The van der Waals surface area contributed by atoms with Gasteiger partial charge >= 0.3 is 5.97 Å². The van der Waals surface area contributed by atoms with Crippen molar-refractivity contribution in [1.82, 2.24) is 9.88 Å². The van der Waals surface area contributed by atoms with Gasteiger partial charge in [-0.3, -0.25) is 9.59 Å². The van der Waals surface area contributed by atoms with Crippen LogP contribution in [0.2, 0.25) is 5.02 Å². The van der Waals surface area contributed by atoms with Crippen LogP contribution in [0.5, 0.6) is 5.75 Å². The molecule has 232 valence electrons.